The first-order valence-electron chi connectivity index (χ1n) is 10.0. The molecule has 1 aliphatic rings. The van der Waals surface area contributed by atoms with Crippen LogP contribution in [-0.2, 0) is 9.59 Å². The normalized spacial score (nSPS) is 18.1. The van der Waals surface area contributed by atoms with E-state index in [1.165, 1.54) is 17.0 Å². The topological polar surface area (TPSA) is 90.3 Å². The molecule has 0 aliphatic carbocycles. The average Bonchev–Trinajstić information content (AvgIpc) is 2.97. The van der Waals surface area contributed by atoms with Crippen LogP contribution >= 0.6 is 0 Å². The number of aromatic hydroxyl groups is 1. The molecule has 1 saturated heterocycles. The molecule has 0 spiro atoms. The Hall–Kier alpha value is -3.32. The number of methoxy groups -OCH3 is 1. The molecule has 1 heterocycles. The first kappa shape index (κ1) is 22.4. The molecule has 164 valence electrons. The van der Waals surface area contributed by atoms with E-state index in [4.69, 9.17) is 4.74 Å². The van der Waals surface area contributed by atoms with E-state index in [0.717, 1.165) is 5.56 Å². The molecule has 7 heteroatoms. The number of aliphatic hydroxyl groups excluding tert-OH is 1. The average molecular weight is 424 g/mol. The second-order valence-corrected chi connectivity index (χ2v) is 8.03. The number of phenolic OH excluding ortho intramolecular Hbond substituents is 1. The third kappa shape index (κ3) is 4.27. The van der Waals surface area contributed by atoms with E-state index in [1.54, 1.807) is 31.4 Å². The number of nitrogens with zero attached hydrogens (tertiary/aromatic N) is 2. The molecule has 7 nitrogen and oxygen atoms in total. The summed E-state index contributed by atoms with van der Waals surface area (Å²) in [6.07, 6.45) is 0. The number of likely N-dealkylation sites (N-methyl/N-ethyl adjacent to an activating group) is 1. The molecule has 2 aromatic carbocycles. The zero-order chi connectivity index (χ0) is 22.9. The molecule has 0 bridgehead atoms. The van der Waals surface area contributed by atoms with Crippen LogP contribution in [-0.4, -0.2) is 66.0 Å². The van der Waals surface area contributed by atoms with E-state index in [9.17, 15) is 19.8 Å². The van der Waals surface area contributed by atoms with Gasteiger partial charge in [-0.2, -0.15) is 0 Å². The minimum absolute atomic E-state index is 0.0158. The third-order valence-electron chi connectivity index (χ3n) is 5.51. The van der Waals surface area contributed by atoms with E-state index in [2.05, 4.69) is 0 Å². The Morgan fingerprint density at radius 2 is 1.84 bits per heavy atom. The number of benzene rings is 2. The number of rotatable bonds is 6. The van der Waals surface area contributed by atoms with Crippen molar-refractivity contribution in [1.29, 1.82) is 0 Å². The molecular weight excluding hydrogens is 396 g/mol. The van der Waals surface area contributed by atoms with Crippen molar-refractivity contribution in [3.05, 3.63) is 64.2 Å². The predicted octanol–water partition coefficient (Wildman–Crippen LogP) is 3.00. The zero-order valence-electron chi connectivity index (χ0n) is 18.5. The quantitative estimate of drug-likeness (QED) is 0.421. The fraction of sp³-hybridized carbons (Fsp3) is 0.333. The van der Waals surface area contributed by atoms with Crippen LogP contribution in [0.3, 0.4) is 0 Å². The molecule has 1 amide bonds. The van der Waals surface area contributed by atoms with Gasteiger partial charge in [-0.3, -0.25) is 9.59 Å². The second-order valence-electron chi connectivity index (χ2n) is 8.03. The van der Waals surface area contributed by atoms with Crippen LogP contribution in [0.1, 0.15) is 28.3 Å². The van der Waals surface area contributed by atoms with Crippen LogP contribution < -0.4 is 4.74 Å². The summed E-state index contributed by atoms with van der Waals surface area (Å²) in [5, 5.41) is 21.2. The maximum atomic E-state index is 13.1. The van der Waals surface area contributed by atoms with E-state index in [0.29, 0.717) is 35.5 Å². The lowest BCUT2D eigenvalue weighted by Gasteiger charge is -2.26. The standard InChI is InChI=1S/C24H28N2O5/c1-14-12-19(31-5)15(2)11-18(14)22(28)20-21(16-7-6-8-17(27)13-16)26(10-9-25(3)4)24(30)23(20)29/h6-8,11-13,21,27-28H,9-10H2,1-5H3/b22-20+. The smallest absolute Gasteiger partial charge is 0.295 e. The van der Waals surface area contributed by atoms with Crippen LogP contribution in [0.5, 0.6) is 11.5 Å². The molecule has 2 N–H and O–H groups in total. The van der Waals surface area contributed by atoms with E-state index in [-0.39, 0.29) is 17.1 Å². The van der Waals surface area contributed by atoms with Gasteiger partial charge in [-0.05, 0) is 68.9 Å². The van der Waals surface area contributed by atoms with E-state index < -0.39 is 17.7 Å². The number of aryl methyl sites for hydroxylation is 2. The minimum Gasteiger partial charge on any atom is -0.508 e. The summed E-state index contributed by atoms with van der Waals surface area (Å²) in [4.78, 5) is 29.3. The van der Waals surface area contributed by atoms with Gasteiger partial charge in [0.2, 0.25) is 0 Å². The van der Waals surface area contributed by atoms with Crippen molar-refractivity contribution in [2.24, 2.45) is 0 Å². The number of likely N-dealkylation sites (tertiary alicyclic amines) is 1. The number of ether oxygens (including phenoxy) is 1. The zero-order valence-corrected chi connectivity index (χ0v) is 18.5. The highest BCUT2D eigenvalue weighted by molar-refractivity contribution is 6.46. The Balaban J connectivity index is 2.21. The van der Waals surface area contributed by atoms with Gasteiger partial charge in [0.1, 0.15) is 17.3 Å². The van der Waals surface area contributed by atoms with Gasteiger partial charge in [0, 0.05) is 18.7 Å². The Morgan fingerprint density at radius 3 is 2.45 bits per heavy atom. The molecule has 1 fully saturated rings. The highest BCUT2D eigenvalue weighted by Gasteiger charge is 2.46. The molecule has 0 aromatic heterocycles. The number of hydrogen-bond acceptors (Lipinski definition) is 6. The van der Waals surface area contributed by atoms with Crippen molar-refractivity contribution in [3.8, 4) is 11.5 Å². The van der Waals surface area contributed by atoms with Crippen molar-refractivity contribution < 1.29 is 24.5 Å². The molecule has 2 aromatic rings. The van der Waals surface area contributed by atoms with Gasteiger partial charge in [-0.1, -0.05) is 12.1 Å². The number of Topliss-reactive ketones (excluding diaryl/α,β-unsaturated/α-hetero) is 1. The number of phenols is 1. The van der Waals surface area contributed by atoms with E-state index >= 15 is 0 Å². The van der Waals surface area contributed by atoms with Gasteiger partial charge in [0.05, 0.1) is 18.7 Å². The Morgan fingerprint density at radius 1 is 1.13 bits per heavy atom. The summed E-state index contributed by atoms with van der Waals surface area (Å²) >= 11 is 0. The molecule has 1 atom stereocenters. The SMILES string of the molecule is COc1cc(C)c(/C(O)=C2\C(=O)C(=O)N(CCN(C)C)C2c2cccc(O)c2)cc1C. The van der Waals surface area contributed by atoms with Crippen LogP contribution in [0.2, 0.25) is 0 Å². The minimum atomic E-state index is -0.797. The maximum Gasteiger partial charge on any atom is 0.295 e. The lowest BCUT2D eigenvalue weighted by molar-refractivity contribution is -0.140. The second kappa shape index (κ2) is 8.81. The fourth-order valence-corrected chi connectivity index (χ4v) is 3.87. The van der Waals surface area contributed by atoms with Crippen LogP contribution in [0.25, 0.3) is 5.76 Å². The van der Waals surface area contributed by atoms with Crippen molar-refractivity contribution in [2.45, 2.75) is 19.9 Å². The number of carbonyl (C=O) groups excluding carboxylic acids is 2. The molecule has 31 heavy (non-hydrogen) atoms. The molecular formula is C24H28N2O5. The Labute approximate surface area is 182 Å². The lowest BCUT2D eigenvalue weighted by Crippen LogP contribution is -2.35. The van der Waals surface area contributed by atoms with Crippen molar-refractivity contribution in [1.82, 2.24) is 9.80 Å². The first-order valence-corrected chi connectivity index (χ1v) is 10.0. The van der Waals surface area contributed by atoms with Gasteiger partial charge in [0.15, 0.2) is 0 Å². The van der Waals surface area contributed by atoms with Crippen LogP contribution in [0.15, 0.2) is 42.0 Å². The number of carbonyl (C=O) groups is 2. The van der Waals surface area contributed by atoms with Crippen molar-refractivity contribution in [2.75, 3.05) is 34.3 Å². The summed E-state index contributed by atoms with van der Waals surface area (Å²) in [6.45, 7) is 4.50. The highest BCUT2D eigenvalue weighted by Crippen LogP contribution is 2.41. The van der Waals surface area contributed by atoms with Gasteiger partial charge in [0.25, 0.3) is 11.7 Å². The third-order valence-corrected chi connectivity index (χ3v) is 5.51. The van der Waals surface area contributed by atoms with E-state index in [1.807, 2.05) is 32.8 Å². The summed E-state index contributed by atoms with van der Waals surface area (Å²) in [6, 6.07) is 9.16. The number of ketones is 1. The van der Waals surface area contributed by atoms with Crippen molar-refractivity contribution in [3.63, 3.8) is 0 Å². The van der Waals surface area contributed by atoms with Crippen molar-refractivity contribution >= 4 is 17.4 Å². The molecule has 1 unspecified atom stereocenters. The Bertz CT molecular complexity index is 1060. The number of aliphatic hydroxyl groups is 1. The Kier molecular flexibility index (Phi) is 6.36. The largest absolute Gasteiger partial charge is 0.508 e. The molecule has 3 rings (SSSR count). The molecule has 0 saturated carbocycles. The summed E-state index contributed by atoms with van der Waals surface area (Å²) < 4.78 is 5.34. The highest BCUT2D eigenvalue weighted by atomic mass is 16.5. The summed E-state index contributed by atoms with van der Waals surface area (Å²) in [5.41, 5.74) is 2.55. The van der Waals surface area contributed by atoms with Gasteiger partial charge >= 0.3 is 0 Å². The van der Waals surface area contributed by atoms with Gasteiger partial charge < -0.3 is 24.7 Å². The summed E-state index contributed by atoms with van der Waals surface area (Å²) in [5.74, 6) is -0.948. The predicted molar refractivity (Wildman–Crippen MR) is 118 cm³/mol. The first-order chi connectivity index (χ1) is 14.6. The number of amides is 1. The number of hydrogen-bond donors (Lipinski definition) is 2. The summed E-state index contributed by atoms with van der Waals surface area (Å²) in [7, 11) is 5.33. The van der Waals surface area contributed by atoms with Crippen LogP contribution in [0, 0.1) is 13.8 Å². The fourth-order valence-electron chi connectivity index (χ4n) is 3.87. The maximum absolute atomic E-state index is 13.1. The van der Waals surface area contributed by atoms with Crippen LogP contribution in [0.4, 0.5) is 0 Å². The molecule has 1 aliphatic heterocycles. The van der Waals surface area contributed by atoms with Gasteiger partial charge in [-0.15, -0.1) is 0 Å². The molecule has 0 radical (unpaired) electrons. The van der Waals surface area contributed by atoms with Gasteiger partial charge in [-0.25, -0.2) is 0 Å². The lowest BCUT2D eigenvalue weighted by atomic mass is 9.93. The monoisotopic (exact) mass is 424 g/mol.